The topological polar surface area (TPSA) is 93.7 Å². The van der Waals surface area contributed by atoms with Gasteiger partial charge in [-0.15, -0.1) is 11.8 Å². The monoisotopic (exact) mass is 486 g/mol. The summed E-state index contributed by atoms with van der Waals surface area (Å²) < 4.78 is 38.8. The number of rotatable bonds is 11. The van der Waals surface area contributed by atoms with E-state index in [2.05, 4.69) is 10.0 Å². The van der Waals surface area contributed by atoms with Crippen molar-refractivity contribution < 1.29 is 22.7 Å². The number of nitrogens with one attached hydrogen (secondary N) is 2. The Morgan fingerprint density at radius 1 is 0.909 bits per heavy atom. The van der Waals surface area contributed by atoms with E-state index >= 15 is 0 Å². The third kappa shape index (κ3) is 7.16. The summed E-state index contributed by atoms with van der Waals surface area (Å²) in [5.41, 5.74) is 0.759. The molecule has 0 aromatic heterocycles. The van der Waals surface area contributed by atoms with Crippen LogP contribution in [-0.2, 0) is 14.8 Å². The van der Waals surface area contributed by atoms with Crippen molar-refractivity contribution >= 4 is 39.1 Å². The molecule has 0 saturated carbocycles. The lowest BCUT2D eigenvalue weighted by Crippen LogP contribution is -2.16. The molecule has 0 heterocycles. The molecule has 0 aliphatic carbocycles. The average Bonchev–Trinajstić information content (AvgIpc) is 2.83. The van der Waals surface area contributed by atoms with Gasteiger partial charge in [0.05, 0.1) is 14.2 Å². The van der Waals surface area contributed by atoms with E-state index in [1.54, 1.807) is 42.1 Å². The lowest BCUT2D eigenvalue weighted by molar-refractivity contribution is -0.116. The third-order valence-corrected chi connectivity index (χ3v) is 7.14. The summed E-state index contributed by atoms with van der Waals surface area (Å²) in [5.74, 6) is 1.42. The van der Waals surface area contributed by atoms with Crippen molar-refractivity contribution in [3.8, 4) is 11.5 Å². The fourth-order valence-electron chi connectivity index (χ4n) is 3.00. The molecule has 0 aliphatic rings. The number of methoxy groups -OCH3 is 2. The maximum atomic E-state index is 13.0. The molecule has 3 aromatic rings. The summed E-state index contributed by atoms with van der Waals surface area (Å²) in [5, 5.41) is 2.77. The third-order valence-electron chi connectivity index (χ3n) is 4.64. The van der Waals surface area contributed by atoms with E-state index in [4.69, 9.17) is 9.47 Å². The largest absolute Gasteiger partial charge is 0.497 e. The highest BCUT2D eigenvalue weighted by atomic mass is 32.2. The van der Waals surface area contributed by atoms with Crippen LogP contribution in [0.4, 0.5) is 11.4 Å². The quantitative estimate of drug-likeness (QED) is 0.292. The fraction of sp³-hybridized carbons (Fsp3) is 0.208. The van der Waals surface area contributed by atoms with E-state index in [1.165, 1.54) is 26.4 Å². The number of hydrogen-bond acceptors (Lipinski definition) is 6. The number of anilines is 2. The van der Waals surface area contributed by atoms with Crippen molar-refractivity contribution in [3.05, 3.63) is 72.8 Å². The number of carbonyl (C=O) groups excluding carboxylic acids is 1. The van der Waals surface area contributed by atoms with Crippen LogP contribution < -0.4 is 19.5 Å². The van der Waals surface area contributed by atoms with Crippen molar-refractivity contribution in [1.29, 1.82) is 0 Å². The highest BCUT2D eigenvalue weighted by molar-refractivity contribution is 7.99. The zero-order valence-corrected chi connectivity index (χ0v) is 20.0. The highest BCUT2D eigenvalue weighted by Crippen LogP contribution is 2.29. The Balaban J connectivity index is 1.63. The molecule has 2 N–H and O–H groups in total. The van der Waals surface area contributed by atoms with Crippen molar-refractivity contribution in [2.24, 2.45) is 0 Å². The Hall–Kier alpha value is -3.17. The van der Waals surface area contributed by atoms with E-state index in [0.29, 0.717) is 30.0 Å². The second kappa shape index (κ2) is 11.6. The fourth-order valence-corrected chi connectivity index (χ4v) is 5.13. The normalized spacial score (nSPS) is 11.0. The maximum Gasteiger partial charge on any atom is 0.265 e. The number of thioether (sulfide) groups is 1. The number of ether oxygens (including phenoxy) is 2. The molecule has 3 aromatic carbocycles. The van der Waals surface area contributed by atoms with Crippen LogP contribution in [0.1, 0.15) is 12.8 Å². The van der Waals surface area contributed by atoms with E-state index in [9.17, 15) is 13.2 Å². The Morgan fingerprint density at radius 3 is 2.27 bits per heavy atom. The standard InChI is InChI=1S/C24H26N2O5S2/c1-30-20-13-10-18(11-14-20)26-33(28,29)23-17-19(12-15-22(23)31-2)25-24(27)9-6-16-32-21-7-4-3-5-8-21/h3-5,7-8,10-15,17,26H,6,9,16H2,1-2H3,(H,25,27). The van der Waals surface area contributed by atoms with Gasteiger partial charge in [-0.25, -0.2) is 8.42 Å². The number of sulfonamides is 1. The molecule has 0 atom stereocenters. The minimum Gasteiger partial charge on any atom is -0.497 e. The summed E-state index contributed by atoms with van der Waals surface area (Å²) >= 11 is 1.69. The lowest BCUT2D eigenvalue weighted by atomic mass is 10.2. The van der Waals surface area contributed by atoms with Gasteiger partial charge in [-0.3, -0.25) is 9.52 Å². The maximum absolute atomic E-state index is 13.0. The van der Waals surface area contributed by atoms with Gasteiger partial charge in [-0.2, -0.15) is 0 Å². The molecule has 0 aliphatic heterocycles. The van der Waals surface area contributed by atoms with Crippen molar-refractivity contribution in [2.45, 2.75) is 22.6 Å². The smallest absolute Gasteiger partial charge is 0.265 e. The molecule has 0 bridgehead atoms. The second-order valence-corrected chi connectivity index (χ2v) is 9.83. The van der Waals surface area contributed by atoms with Gasteiger partial charge >= 0.3 is 0 Å². The molecule has 33 heavy (non-hydrogen) atoms. The summed E-state index contributed by atoms with van der Waals surface area (Å²) in [6.07, 6.45) is 1.03. The van der Waals surface area contributed by atoms with Crippen LogP contribution in [0.25, 0.3) is 0 Å². The van der Waals surface area contributed by atoms with Crippen LogP contribution in [0.2, 0.25) is 0 Å². The zero-order valence-electron chi connectivity index (χ0n) is 18.4. The van der Waals surface area contributed by atoms with Gasteiger partial charge in [0, 0.05) is 22.7 Å². The molecular formula is C24H26N2O5S2. The molecular weight excluding hydrogens is 460 g/mol. The first-order valence-electron chi connectivity index (χ1n) is 10.2. The van der Waals surface area contributed by atoms with E-state index < -0.39 is 10.0 Å². The van der Waals surface area contributed by atoms with Gasteiger partial charge in [0.15, 0.2) is 0 Å². The summed E-state index contributed by atoms with van der Waals surface area (Å²) in [6, 6.07) is 21.0. The molecule has 0 saturated heterocycles. The Kier molecular flexibility index (Phi) is 8.62. The average molecular weight is 487 g/mol. The number of carbonyl (C=O) groups is 1. The van der Waals surface area contributed by atoms with E-state index in [-0.39, 0.29) is 16.6 Å². The number of benzene rings is 3. The molecule has 0 spiro atoms. The molecule has 0 unspecified atom stereocenters. The molecule has 174 valence electrons. The highest BCUT2D eigenvalue weighted by Gasteiger charge is 2.21. The summed E-state index contributed by atoms with van der Waals surface area (Å²) in [7, 11) is -1.03. The predicted octanol–water partition coefficient (Wildman–Crippen LogP) is 5.02. The Morgan fingerprint density at radius 2 is 1.61 bits per heavy atom. The van der Waals surface area contributed by atoms with E-state index in [1.807, 2.05) is 30.3 Å². The van der Waals surface area contributed by atoms with Crippen molar-refractivity contribution in [1.82, 2.24) is 0 Å². The van der Waals surface area contributed by atoms with Gasteiger partial charge in [0.1, 0.15) is 16.4 Å². The first-order chi connectivity index (χ1) is 15.9. The van der Waals surface area contributed by atoms with Gasteiger partial charge in [-0.05, 0) is 66.8 Å². The predicted molar refractivity (Wildman–Crippen MR) is 132 cm³/mol. The summed E-state index contributed by atoms with van der Waals surface area (Å²) in [6.45, 7) is 0. The SMILES string of the molecule is COc1ccc(NS(=O)(=O)c2cc(NC(=O)CCCSc3ccccc3)ccc2OC)cc1. The lowest BCUT2D eigenvalue weighted by Gasteiger charge is -2.14. The Bertz CT molecular complexity index is 1170. The van der Waals surface area contributed by atoms with Crippen LogP contribution >= 0.6 is 11.8 Å². The van der Waals surface area contributed by atoms with Gasteiger partial charge in [0.2, 0.25) is 5.91 Å². The number of amides is 1. The molecule has 0 fully saturated rings. The second-order valence-electron chi connectivity index (χ2n) is 7.01. The van der Waals surface area contributed by atoms with Gasteiger partial charge < -0.3 is 14.8 Å². The van der Waals surface area contributed by atoms with Crippen molar-refractivity contribution in [3.63, 3.8) is 0 Å². The van der Waals surface area contributed by atoms with Crippen LogP contribution in [0.15, 0.2) is 82.6 Å². The Labute approximate surface area is 198 Å². The zero-order chi connectivity index (χ0) is 23.7. The van der Waals surface area contributed by atoms with Gasteiger partial charge in [-0.1, -0.05) is 18.2 Å². The van der Waals surface area contributed by atoms with Crippen LogP contribution in [0.3, 0.4) is 0 Å². The van der Waals surface area contributed by atoms with Crippen LogP contribution in [0.5, 0.6) is 11.5 Å². The van der Waals surface area contributed by atoms with Gasteiger partial charge in [0.25, 0.3) is 10.0 Å². The minimum atomic E-state index is -3.96. The minimum absolute atomic E-state index is 0.0711. The first kappa shape index (κ1) is 24.5. The first-order valence-corrected chi connectivity index (χ1v) is 12.7. The van der Waals surface area contributed by atoms with E-state index in [0.717, 1.165) is 10.6 Å². The molecule has 0 radical (unpaired) electrons. The summed E-state index contributed by atoms with van der Waals surface area (Å²) in [4.78, 5) is 13.5. The van der Waals surface area contributed by atoms with Crippen LogP contribution in [-0.4, -0.2) is 34.3 Å². The molecule has 3 rings (SSSR count). The molecule has 7 nitrogen and oxygen atoms in total. The van der Waals surface area contributed by atoms with Crippen LogP contribution in [0, 0.1) is 0 Å². The number of hydrogen-bond donors (Lipinski definition) is 2. The molecule has 9 heteroatoms. The molecule has 1 amide bonds. The van der Waals surface area contributed by atoms with Crippen molar-refractivity contribution in [2.75, 3.05) is 30.0 Å².